The minimum absolute atomic E-state index is 0.0488. The lowest BCUT2D eigenvalue weighted by atomic mass is 9.94. The predicted octanol–water partition coefficient (Wildman–Crippen LogP) is 4.36. The molecule has 10 nitrogen and oxygen atoms in total. The largest absolute Gasteiger partial charge is 0.508 e. The lowest BCUT2D eigenvalue weighted by Gasteiger charge is -2.30. The summed E-state index contributed by atoms with van der Waals surface area (Å²) in [6, 6.07) is 5.48. The average Bonchev–Trinajstić information content (AvgIpc) is 3.62. The van der Waals surface area contributed by atoms with Crippen molar-refractivity contribution in [3.05, 3.63) is 47.7 Å². The number of hydrogen-bond acceptors (Lipinski definition) is 10. The number of rotatable bonds is 7. The predicted molar refractivity (Wildman–Crippen MR) is 159 cm³/mol. The number of ether oxygens (including phenoxy) is 1. The van der Waals surface area contributed by atoms with Crippen molar-refractivity contribution >= 4 is 37.3 Å². The van der Waals surface area contributed by atoms with E-state index in [4.69, 9.17) is 4.74 Å². The second kappa shape index (κ2) is 10.7. The third kappa shape index (κ3) is 4.98. The summed E-state index contributed by atoms with van der Waals surface area (Å²) < 4.78 is 76.1. The number of anilines is 1. The van der Waals surface area contributed by atoms with Crippen molar-refractivity contribution in [2.45, 2.75) is 44.3 Å². The van der Waals surface area contributed by atoms with E-state index in [0.29, 0.717) is 35.7 Å². The maximum atomic E-state index is 16.6. The smallest absolute Gasteiger partial charge is 0.319 e. The van der Waals surface area contributed by atoms with E-state index >= 15 is 4.39 Å². The molecule has 0 bridgehead atoms. The van der Waals surface area contributed by atoms with Gasteiger partial charge in [-0.3, -0.25) is 9.88 Å². The topological polar surface area (TPSA) is 121 Å². The molecule has 44 heavy (non-hydrogen) atoms. The van der Waals surface area contributed by atoms with Crippen molar-refractivity contribution in [3.8, 4) is 23.0 Å². The molecule has 2 N–H and O–H groups in total. The zero-order valence-electron chi connectivity index (χ0n) is 24.0. The Morgan fingerprint density at radius 3 is 2.82 bits per heavy atom. The molecule has 0 amide bonds. The molecule has 2 aromatic carbocycles. The van der Waals surface area contributed by atoms with E-state index in [1.165, 1.54) is 35.5 Å². The molecule has 0 unspecified atom stereocenters. The third-order valence-corrected chi connectivity index (χ3v) is 10.5. The van der Waals surface area contributed by atoms with Crippen LogP contribution in [0.5, 0.6) is 11.8 Å². The van der Waals surface area contributed by atoms with Gasteiger partial charge in [0.25, 0.3) is 0 Å². The SMILES string of the molecule is CCc1c(F)ccc2cc(O)cc(-c3ncc4c(NN5CCS(=O)(=O)C5)nc(OC[C@@]56CCCN5C[C@H](F)C6)nc4c3F)c12. The van der Waals surface area contributed by atoms with Gasteiger partial charge in [0.05, 0.1) is 16.7 Å². The Kier molecular flexibility index (Phi) is 7.05. The van der Waals surface area contributed by atoms with Gasteiger partial charge in [0.1, 0.15) is 41.4 Å². The molecular weight excluding hydrogens is 597 g/mol. The molecule has 0 spiro atoms. The van der Waals surface area contributed by atoms with E-state index in [1.807, 2.05) is 0 Å². The van der Waals surface area contributed by atoms with Crippen molar-refractivity contribution in [1.29, 1.82) is 0 Å². The van der Waals surface area contributed by atoms with Crippen LogP contribution in [-0.4, -0.2) is 88.0 Å². The van der Waals surface area contributed by atoms with Crippen molar-refractivity contribution in [2.75, 3.05) is 43.3 Å². The molecule has 3 aliphatic rings. The number of benzene rings is 2. The van der Waals surface area contributed by atoms with Crippen molar-refractivity contribution in [3.63, 3.8) is 0 Å². The molecule has 2 aromatic heterocycles. The zero-order valence-corrected chi connectivity index (χ0v) is 24.8. The van der Waals surface area contributed by atoms with E-state index in [2.05, 4.69) is 25.3 Å². The second-order valence-electron chi connectivity index (χ2n) is 11.8. The molecule has 3 fully saturated rings. The molecule has 3 aliphatic heterocycles. The first kappa shape index (κ1) is 29.0. The van der Waals surface area contributed by atoms with Gasteiger partial charge in [0.2, 0.25) is 0 Å². The molecule has 4 aromatic rings. The molecule has 3 saturated heterocycles. The number of phenols is 1. The average molecular weight is 629 g/mol. The standard InChI is InChI=1S/C30H31F3N6O4S/c1-2-20-23(32)5-4-17-10-19(40)11-21(24(17)20)26-25(33)27-22(13-34-26)28(37-39-8-9-44(41,42)16-39)36-29(35-27)43-15-30-6-3-7-38(30)14-18(31)12-30/h4-5,10-11,13,18,40H,2-3,6-9,12,14-16H2,1H3,(H,35,36,37)/t18-,30+/m1/s1. The van der Waals surface area contributed by atoms with Gasteiger partial charge >= 0.3 is 6.01 Å². The van der Waals surface area contributed by atoms with Crippen LogP contribution in [0, 0.1) is 11.6 Å². The Morgan fingerprint density at radius 2 is 2.05 bits per heavy atom. The number of hydrogen-bond donors (Lipinski definition) is 2. The van der Waals surface area contributed by atoms with Crippen LogP contribution in [0.2, 0.25) is 0 Å². The maximum absolute atomic E-state index is 16.6. The lowest BCUT2D eigenvalue weighted by molar-refractivity contribution is 0.107. The fourth-order valence-electron chi connectivity index (χ4n) is 6.91. The zero-order chi connectivity index (χ0) is 30.8. The van der Waals surface area contributed by atoms with Gasteiger partial charge in [-0.25, -0.2) is 26.6 Å². The minimum Gasteiger partial charge on any atom is -0.508 e. The number of aromatic hydroxyl groups is 1. The van der Waals surface area contributed by atoms with Crippen LogP contribution in [0.4, 0.5) is 19.0 Å². The number of alkyl halides is 1. The van der Waals surface area contributed by atoms with Crippen LogP contribution in [0.3, 0.4) is 0 Å². The first-order valence-electron chi connectivity index (χ1n) is 14.6. The van der Waals surface area contributed by atoms with Crippen LogP contribution in [0.15, 0.2) is 30.5 Å². The number of halogens is 3. The fraction of sp³-hybridized carbons (Fsp3) is 0.433. The Bertz CT molecular complexity index is 1910. The fourth-order valence-corrected chi connectivity index (χ4v) is 8.20. The Morgan fingerprint density at radius 1 is 1.20 bits per heavy atom. The van der Waals surface area contributed by atoms with Crippen LogP contribution < -0.4 is 10.2 Å². The molecule has 14 heteroatoms. The van der Waals surface area contributed by atoms with Gasteiger partial charge < -0.3 is 15.3 Å². The number of aromatic nitrogens is 3. The highest BCUT2D eigenvalue weighted by molar-refractivity contribution is 7.91. The highest BCUT2D eigenvalue weighted by Crippen LogP contribution is 2.41. The number of pyridine rings is 1. The molecule has 0 aliphatic carbocycles. The van der Waals surface area contributed by atoms with Crippen LogP contribution in [0.25, 0.3) is 32.9 Å². The number of phenolic OH excluding ortho intramolecular Hbond substituents is 1. The van der Waals surface area contributed by atoms with Gasteiger partial charge in [-0.15, -0.1) is 0 Å². The number of sulfone groups is 1. The number of nitrogens with one attached hydrogen (secondary N) is 1. The van der Waals surface area contributed by atoms with Crippen molar-refractivity contribution in [2.24, 2.45) is 0 Å². The molecular formula is C30H31F3N6O4S. The van der Waals surface area contributed by atoms with Crippen molar-refractivity contribution in [1.82, 2.24) is 24.9 Å². The van der Waals surface area contributed by atoms with Gasteiger partial charge in [0, 0.05) is 31.3 Å². The molecule has 0 radical (unpaired) electrons. The van der Waals surface area contributed by atoms with Crippen LogP contribution >= 0.6 is 0 Å². The Hall–Kier alpha value is -3.75. The monoisotopic (exact) mass is 628 g/mol. The maximum Gasteiger partial charge on any atom is 0.319 e. The summed E-state index contributed by atoms with van der Waals surface area (Å²) in [6.45, 7) is 3.17. The molecule has 5 heterocycles. The first-order valence-corrected chi connectivity index (χ1v) is 16.4. The van der Waals surface area contributed by atoms with Crippen LogP contribution in [-0.2, 0) is 16.3 Å². The number of fused-ring (bicyclic) bond motifs is 3. The van der Waals surface area contributed by atoms with Gasteiger partial charge in [-0.1, -0.05) is 13.0 Å². The Balaban J connectivity index is 1.35. The van der Waals surface area contributed by atoms with Crippen molar-refractivity contribution < 1.29 is 31.4 Å². The summed E-state index contributed by atoms with van der Waals surface area (Å²) in [7, 11) is -3.30. The highest BCUT2D eigenvalue weighted by atomic mass is 32.2. The second-order valence-corrected chi connectivity index (χ2v) is 14.0. The number of nitrogens with zero attached hydrogens (tertiary/aromatic N) is 5. The summed E-state index contributed by atoms with van der Waals surface area (Å²) in [5, 5.41) is 13.0. The van der Waals surface area contributed by atoms with E-state index in [0.717, 1.165) is 19.4 Å². The van der Waals surface area contributed by atoms with E-state index in [-0.39, 0.29) is 64.5 Å². The normalized spacial score (nSPS) is 23.5. The van der Waals surface area contributed by atoms with E-state index in [9.17, 15) is 22.3 Å². The molecule has 0 saturated carbocycles. The van der Waals surface area contributed by atoms with E-state index in [1.54, 1.807) is 6.92 Å². The molecule has 232 valence electrons. The molecule has 2 atom stereocenters. The van der Waals surface area contributed by atoms with Gasteiger partial charge in [0.15, 0.2) is 21.5 Å². The van der Waals surface area contributed by atoms with Gasteiger partial charge in [-0.2, -0.15) is 9.97 Å². The molecule has 7 rings (SSSR count). The van der Waals surface area contributed by atoms with Crippen LogP contribution in [0.1, 0.15) is 31.7 Å². The quantitative estimate of drug-likeness (QED) is 0.306. The third-order valence-electron chi connectivity index (χ3n) is 8.94. The first-order chi connectivity index (χ1) is 21.1. The summed E-state index contributed by atoms with van der Waals surface area (Å²) in [4.78, 5) is 15.3. The highest BCUT2D eigenvalue weighted by Gasteiger charge is 2.49. The summed E-state index contributed by atoms with van der Waals surface area (Å²) >= 11 is 0. The number of aryl methyl sites for hydroxylation is 1. The summed E-state index contributed by atoms with van der Waals surface area (Å²) in [5.41, 5.74) is 2.69. The summed E-state index contributed by atoms with van der Waals surface area (Å²) in [5.74, 6) is -1.67. The summed E-state index contributed by atoms with van der Waals surface area (Å²) in [6.07, 6.45) is 2.69. The minimum atomic E-state index is -3.30. The van der Waals surface area contributed by atoms with E-state index < -0.39 is 33.2 Å². The van der Waals surface area contributed by atoms with Gasteiger partial charge in [-0.05, 0) is 60.3 Å². The number of hydrazine groups is 1. The lowest BCUT2D eigenvalue weighted by Crippen LogP contribution is -2.43. The Labute approximate surface area is 251 Å².